The maximum absolute atomic E-state index is 14.5. The van der Waals surface area contributed by atoms with E-state index < -0.39 is 122 Å². The number of nitrogens with zero attached hydrogens (tertiary/aromatic N) is 1. The van der Waals surface area contributed by atoms with E-state index >= 15 is 0 Å². The molecule has 19 nitrogen and oxygen atoms in total. The van der Waals surface area contributed by atoms with E-state index in [0.29, 0.717) is 0 Å². The standard InChI is InChI=1S/C58H49NO18/c1-34(60)69-32-42-45(47(74-54(65)37-24-12-5-13-25-37)44(57(68-2)71-42)59-50(61)40-30-18-19-31-41(40)51(59)62)77-58-49(76-56(67)39-28-16-7-17-29-39)48(75-55(66)38-26-14-6-15-27-38)46(73-53(64)36-22-10-4-11-23-36)43(72-58)33-70-52(63)35-20-8-3-9-21-35/h3-31,42-49,57-58H,32-33H2,1-2H3/t42-,43-,44-,45-,46+,47-,48+,49-,57-,58+/m1/s1. The Kier molecular flexibility index (Phi) is 16.6. The summed E-state index contributed by atoms with van der Waals surface area (Å²) in [7, 11) is 1.21. The van der Waals surface area contributed by atoms with Crippen LogP contribution >= 0.6 is 0 Å². The second-order valence-corrected chi connectivity index (χ2v) is 17.6. The van der Waals surface area contributed by atoms with Crippen LogP contribution in [-0.2, 0) is 52.2 Å². The molecule has 0 aliphatic carbocycles. The smallest absolute Gasteiger partial charge is 0.338 e. The van der Waals surface area contributed by atoms with Crippen molar-refractivity contribution in [3.63, 3.8) is 0 Å². The molecule has 3 aliphatic rings. The number of esters is 6. The summed E-state index contributed by atoms with van der Waals surface area (Å²) in [5.74, 6) is -7.26. The molecule has 2 saturated heterocycles. The normalized spacial score (nSPS) is 23.6. The largest absolute Gasteiger partial charge is 0.463 e. The zero-order valence-corrected chi connectivity index (χ0v) is 41.2. The number of methoxy groups -OCH3 is 1. The zero-order valence-electron chi connectivity index (χ0n) is 41.2. The van der Waals surface area contributed by atoms with Crippen molar-refractivity contribution >= 4 is 47.6 Å². The molecule has 6 aromatic rings. The Labute approximate surface area is 440 Å². The molecule has 77 heavy (non-hydrogen) atoms. The number of rotatable bonds is 17. The third-order valence-electron chi connectivity index (χ3n) is 12.7. The molecule has 0 spiro atoms. The fraction of sp³-hybridized carbons (Fsp3) is 0.241. The molecular formula is C58H49NO18. The van der Waals surface area contributed by atoms with Crippen molar-refractivity contribution in [2.45, 2.75) is 68.3 Å². The van der Waals surface area contributed by atoms with Crippen LogP contribution in [0.1, 0.15) is 79.4 Å². The molecule has 10 atom stereocenters. The van der Waals surface area contributed by atoms with Gasteiger partial charge >= 0.3 is 35.8 Å². The lowest BCUT2D eigenvalue weighted by Crippen LogP contribution is -2.69. The fourth-order valence-corrected chi connectivity index (χ4v) is 9.03. The maximum atomic E-state index is 14.5. The third kappa shape index (κ3) is 12.0. The molecule has 0 radical (unpaired) electrons. The first-order chi connectivity index (χ1) is 37.4. The number of amides is 2. The van der Waals surface area contributed by atoms with E-state index in [1.54, 1.807) is 103 Å². The van der Waals surface area contributed by atoms with Gasteiger partial charge in [-0.15, -0.1) is 0 Å². The SMILES string of the molecule is CO[C@@H]1O[C@H](COC(C)=O)[C@@H](O[C@@H]2O[C@H](COC(=O)c3ccccc3)[C@H](OC(=O)c3ccccc3)[C@H](OC(=O)c3ccccc3)[C@H]2OC(=O)c2ccccc2)[C@H](OC(=O)c2ccccc2)[C@H]1N1C(=O)c2ccccc2C1=O. The Balaban J connectivity index is 1.21. The maximum Gasteiger partial charge on any atom is 0.338 e. The van der Waals surface area contributed by atoms with Crippen molar-refractivity contribution < 1.29 is 85.7 Å². The fourth-order valence-electron chi connectivity index (χ4n) is 9.03. The van der Waals surface area contributed by atoms with E-state index in [2.05, 4.69) is 0 Å². The lowest BCUT2D eigenvalue weighted by atomic mass is 9.93. The number of fused-ring (bicyclic) bond motifs is 1. The number of carbonyl (C=O) groups excluding carboxylic acids is 8. The van der Waals surface area contributed by atoms with Crippen LogP contribution in [0.5, 0.6) is 0 Å². The van der Waals surface area contributed by atoms with Crippen LogP contribution < -0.4 is 0 Å². The molecule has 394 valence electrons. The lowest BCUT2D eigenvalue weighted by molar-refractivity contribution is -0.347. The highest BCUT2D eigenvalue weighted by Crippen LogP contribution is 2.39. The predicted molar refractivity (Wildman–Crippen MR) is 266 cm³/mol. The summed E-state index contributed by atoms with van der Waals surface area (Å²) < 4.78 is 62.2. The topological polar surface area (TPSA) is 232 Å². The molecule has 6 aromatic carbocycles. The summed E-state index contributed by atoms with van der Waals surface area (Å²) in [6, 6.07) is 43.0. The highest BCUT2D eigenvalue weighted by Gasteiger charge is 2.60. The van der Waals surface area contributed by atoms with Crippen molar-refractivity contribution in [1.29, 1.82) is 0 Å². The second kappa shape index (κ2) is 24.2. The Bertz CT molecular complexity index is 3050. The van der Waals surface area contributed by atoms with E-state index in [0.717, 1.165) is 11.8 Å². The minimum absolute atomic E-state index is 0.00634. The summed E-state index contributed by atoms with van der Waals surface area (Å²) >= 11 is 0. The molecular weight excluding hydrogens is 999 g/mol. The van der Waals surface area contributed by atoms with Gasteiger partial charge in [-0.05, 0) is 72.8 Å². The minimum atomic E-state index is -2.06. The number of carbonyl (C=O) groups is 8. The highest BCUT2D eigenvalue weighted by atomic mass is 16.8. The molecule has 3 heterocycles. The quantitative estimate of drug-likeness (QED) is 0.0542. The minimum Gasteiger partial charge on any atom is -0.463 e. The average Bonchev–Trinajstić information content (AvgIpc) is 3.72. The van der Waals surface area contributed by atoms with Gasteiger partial charge in [-0.2, -0.15) is 0 Å². The third-order valence-corrected chi connectivity index (χ3v) is 12.7. The van der Waals surface area contributed by atoms with Crippen LogP contribution in [0.3, 0.4) is 0 Å². The van der Waals surface area contributed by atoms with E-state index in [9.17, 15) is 38.4 Å². The Hall–Kier alpha value is -8.88. The van der Waals surface area contributed by atoms with Gasteiger partial charge < -0.3 is 47.4 Å². The van der Waals surface area contributed by atoms with E-state index in [1.807, 2.05) is 0 Å². The first kappa shape index (κ1) is 53.0. The monoisotopic (exact) mass is 1050 g/mol. The van der Waals surface area contributed by atoms with Crippen LogP contribution in [0.15, 0.2) is 176 Å². The number of imide groups is 1. The molecule has 0 aromatic heterocycles. The molecule has 0 N–H and O–H groups in total. The van der Waals surface area contributed by atoms with Crippen molar-refractivity contribution in [3.8, 4) is 0 Å². The van der Waals surface area contributed by atoms with E-state index in [4.69, 9.17) is 47.4 Å². The van der Waals surface area contributed by atoms with Crippen LogP contribution in [0.2, 0.25) is 0 Å². The Morgan fingerprint density at radius 3 is 1.19 bits per heavy atom. The van der Waals surface area contributed by atoms with Gasteiger partial charge in [-0.25, -0.2) is 24.0 Å². The molecule has 19 heteroatoms. The van der Waals surface area contributed by atoms with Crippen molar-refractivity contribution in [1.82, 2.24) is 4.90 Å². The van der Waals surface area contributed by atoms with Crippen LogP contribution in [-0.4, -0.2) is 134 Å². The number of hydrogen-bond acceptors (Lipinski definition) is 18. The molecule has 0 bridgehead atoms. The molecule has 2 amide bonds. The Morgan fingerprint density at radius 1 is 0.416 bits per heavy atom. The highest BCUT2D eigenvalue weighted by molar-refractivity contribution is 6.21. The predicted octanol–water partition coefficient (Wildman–Crippen LogP) is 6.46. The summed E-state index contributed by atoms with van der Waals surface area (Å²) in [4.78, 5) is 114. The van der Waals surface area contributed by atoms with Gasteiger partial charge in [0, 0.05) is 14.0 Å². The zero-order chi connectivity index (χ0) is 54.0. The van der Waals surface area contributed by atoms with Crippen LogP contribution in [0.25, 0.3) is 0 Å². The van der Waals surface area contributed by atoms with Crippen molar-refractivity contribution in [2.75, 3.05) is 20.3 Å². The molecule has 9 rings (SSSR count). The first-order valence-electron chi connectivity index (χ1n) is 24.3. The van der Waals surface area contributed by atoms with Gasteiger partial charge in [-0.3, -0.25) is 19.3 Å². The van der Waals surface area contributed by atoms with Gasteiger partial charge in [0.15, 0.2) is 37.0 Å². The van der Waals surface area contributed by atoms with Crippen molar-refractivity contribution in [3.05, 3.63) is 215 Å². The van der Waals surface area contributed by atoms with Gasteiger partial charge in [0.1, 0.15) is 37.6 Å². The van der Waals surface area contributed by atoms with Gasteiger partial charge in [0.2, 0.25) is 0 Å². The number of hydrogen-bond donors (Lipinski definition) is 0. The molecule has 2 fully saturated rings. The van der Waals surface area contributed by atoms with Crippen molar-refractivity contribution in [2.24, 2.45) is 0 Å². The summed E-state index contributed by atoms with van der Waals surface area (Å²) in [6.07, 6.45) is -16.2. The van der Waals surface area contributed by atoms with Gasteiger partial charge in [0.25, 0.3) is 11.8 Å². The van der Waals surface area contributed by atoms with Gasteiger partial charge in [0.05, 0.1) is 38.9 Å². The lowest BCUT2D eigenvalue weighted by Gasteiger charge is -2.50. The van der Waals surface area contributed by atoms with E-state index in [1.165, 1.54) is 79.9 Å². The molecule has 0 saturated carbocycles. The molecule has 0 unspecified atom stereocenters. The number of ether oxygens (including phenoxy) is 10. The first-order valence-corrected chi connectivity index (χ1v) is 24.3. The van der Waals surface area contributed by atoms with Gasteiger partial charge in [-0.1, -0.05) is 103 Å². The summed E-state index contributed by atoms with van der Waals surface area (Å²) in [6.45, 7) is -0.279. The number of benzene rings is 6. The van der Waals surface area contributed by atoms with Crippen LogP contribution in [0.4, 0.5) is 0 Å². The second-order valence-electron chi connectivity index (χ2n) is 17.6. The Morgan fingerprint density at radius 2 is 0.766 bits per heavy atom. The van der Waals surface area contributed by atoms with Crippen LogP contribution in [0, 0.1) is 0 Å². The van der Waals surface area contributed by atoms with E-state index in [-0.39, 0.29) is 38.9 Å². The summed E-state index contributed by atoms with van der Waals surface area (Å²) in [5.41, 5.74) is 0.204. The molecule has 3 aliphatic heterocycles. The summed E-state index contributed by atoms with van der Waals surface area (Å²) in [5, 5.41) is 0. The average molecular weight is 1050 g/mol.